The summed E-state index contributed by atoms with van der Waals surface area (Å²) in [6.07, 6.45) is 1.65. The molecule has 1 unspecified atom stereocenters. The fraction of sp³-hybridized carbons (Fsp3) is 0.462. The molecule has 0 aromatic carbocycles. The fourth-order valence-electron chi connectivity index (χ4n) is 1.89. The molecule has 2 N–H and O–H groups in total. The second kappa shape index (κ2) is 6.58. The van der Waals surface area contributed by atoms with Crippen LogP contribution in [-0.2, 0) is 6.54 Å². The predicted molar refractivity (Wildman–Crippen MR) is 82.7 cm³/mol. The van der Waals surface area contributed by atoms with E-state index in [-0.39, 0.29) is 6.04 Å². The van der Waals surface area contributed by atoms with Crippen LogP contribution in [0.4, 0.5) is 0 Å². The van der Waals surface area contributed by atoms with E-state index in [1.54, 1.807) is 24.6 Å². The van der Waals surface area contributed by atoms with Crippen LogP contribution in [0.15, 0.2) is 17.6 Å². The van der Waals surface area contributed by atoms with Crippen molar-refractivity contribution in [1.82, 2.24) is 14.7 Å². The summed E-state index contributed by atoms with van der Waals surface area (Å²) in [6.45, 7) is 1.64. The summed E-state index contributed by atoms with van der Waals surface area (Å²) in [5, 5.41) is 6.85. The highest BCUT2D eigenvalue weighted by Crippen LogP contribution is 2.32. The van der Waals surface area contributed by atoms with E-state index in [0.29, 0.717) is 5.02 Å². The number of halogens is 1. The molecular weight excluding hydrogens is 296 g/mol. The van der Waals surface area contributed by atoms with Crippen LogP contribution in [0, 0.1) is 0 Å². The molecule has 0 amide bonds. The SMILES string of the molecule is COc1csc(C(N)c2c(Cl)cnn2CCN(C)C)c1. The Morgan fingerprint density at radius 2 is 2.30 bits per heavy atom. The van der Waals surface area contributed by atoms with Crippen LogP contribution in [0.5, 0.6) is 5.75 Å². The first kappa shape index (κ1) is 15.3. The van der Waals surface area contributed by atoms with Crippen LogP contribution in [-0.4, -0.2) is 42.4 Å². The van der Waals surface area contributed by atoms with Gasteiger partial charge in [0.15, 0.2) is 0 Å². The zero-order valence-electron chi connectivity index (χ0n) is 11.8. The van der Waals surface area contributed by atoms with E-state index in [9.17, 15) is 0 Å². The summed E-state index contributed by atoms with van der Waals surface area (Å²) < 4.78 is 7.07. The van der Waals surface area contributed by atoms with Crippen molar-refractivity contribution in [2.75, 3.05) is 27.7 Å². The average molecular weight is 315 g/mol. The summed E-state index contributed by atoms with van der Waals surface area (Å²) >= 11 is 7.80. The van der Waals surface area contributed by atoms with E-state index in [0.717, 1.165) is 29.4 Å². The summed E-state index contributed by atoms with van der Waals surface area (Å²) in [5.74, 6) is 0.816. The Morgan fingerprint density at radius 3 is 2.90 bits per heavy atom. The van der Waals surface area contributed by atoms with Gasteiger partial charge in [0.1, 0.15) is 5.75 Å². The number of rotatable bonds is 6. The monoisotopic (exact) mass is 314 g/mol. The number of aromatic nitrogens is 2. The molecule has 1 atom stereocenters. The number of nitrogens with two attached hydrogens (primary N) is 1. The number of nitrogens with zero attached hydrogens (tertiary/aromatic N) is 3. The smallest absolute Gasteiger partial charge is 0.129 e. The summed E-state index contributed by atoms with van der Waals surface area (Å²) in [4.78, 5) is 3.11. The summed E-state index contributed by atoms with van der Waals surface area (Å²) in [6, 6.07) is 1.65. The summed E-state index contributed by atoms with van der Waals surface area (Å²) in [5.41, 5.74) is 7.18. The van der Waals surface area contributed by atoms with Crippen LogP contribution >= 0.6 is 22.9 Å². The number of hydrogen-bond donors (Lipinski definition) is 1. The van der Waals surface area contributed by atoms with E-state index in [1.807, 2.05) is 30.2 Å². The zero-order valence-corrected chi connectivity index (χ0v) is 13.4. The van der Waals surface area contributed by atoms with Gasteiger partial charge in [-0.2, -0.15) is 5.10 Å². The molecule has 0 bridgehead atoms. The molecule has 0 fully saturated rings. The fourth-order valence-corrected chi connectivity index (χ4v) is 3.01. The molecule has 2 aromatic heterocycles. The van der Waals surface area contributed by atoms with Crippen molar-refractivity contribution >= 4 is 22.9 Å². The van der Waals surface area contributed by atoms with Gasteiger partial charge >= 0.3 is 0 Å². The maximum Gasteiger partial charge on any atom is 0.129 e. The number of methoxy groups -OCH3 is 1. The van der Waals surface area contributed by atoms with Crippen molar-refractivity contribution in [2.24, 2.45) is 5.73 Å². The first-order valence-electron chi connectivity index (χ1n) is 6.27. The highest BCUT2D eigenvalue weighted by molar-refractivity contribution is 7.10. The predicted octanol–water partition coefficient (Wildman–Crippen LogP) is 2.22. The standard InChI is InChI=1S/C13H19ClN4OS/c1-17(2)4-5-18-13(10(14)7-16-18)12(15)11-6-9(19-3)8-20-11/h6-8,12H,4-5,15H2,1-3H3. The van der Waals surface area contributed by atoms with Crippen LogP contribution in [0.25, 0.3) is 0 Å². The van der Waals surface area contributed by atoms with Gasteiger partial charge in [-0.1, -0.05) is 11.6 Å². The van der Waals surface area contributed by atoms with Gasteiger partial charge in [0, 0.05) is 16.8 Å². The van der Waals surface area contributed by atoms with Crippen LogP contribution < -0.4 is 10.5 Å². The Kier molecular flexibility index (Phi) is 5.04. The van der Waals surface area contributed by atoms with Gasteiger partial charge in [0.2, 0.25) is 0 Å². The van der Waals surface area contributed by atoms with Gasteiger partial charge < -0.3 is 15.4 Å². The lowest BCUT2D eigenvalue weighted by molar-refractivity contribution is 0.368. The molecule has 0 aliphatic heterocycles. The van der Waals surface area contributed by atoms with Crippen LogP contribution in [0.1, 0.15) is 16.6 Å². The third-order valence-electron chi connectivity index (χ3n) is 3.02. The minimum atomic E-state index is -0.291. The Morgan fingerprint density at radius 1 is 1.55 bits per heavy atom. The van der Waals surface area contributed by atoms with Gasteiger partial charge in [-0.15, -0.1) is 11.3 Å². The highest BCUT2D eigenvalue weighted by Gasteiger charge is 2.20. The Hall–Kier alpha value is -1.08. The van der Waals surface area contributed by atoms with E-state index < -0.39 is 0 Å². The molecule has 110 valence electrons. The average Bonchev–Trinajstić information content (AvgIpc) is 3.02. The van der Waals surface area contributed by atoms with E-state index >= 15 is 0 Å². The molecule has 2 aromatic rings. The van der Waals surface area contributed by atoms with Gasteiger partial charge in [0.05, 0.1) is 36.6 Å². The van der Waals surface area contributed by atoms with Crippen molar-refractivity contribution in [2.45, 2.75) is 12.6 Å². The molecule has 0 radical (unpaired) electrons. The maximum absolute atomic E-state index is 6.33. The molecule has 7 heteroatoms. The minimum absolute atomic E-state index is 0.291. The molecule has 0 spiro atoms. The molecule has 5 nitrogen and oxygen atoms in total. The largest absolute Gasteiger partial charge is 0.496 e. The number of likely N-dealkylation sites (N-methyl/N-ethyl adjacent to an activating group) is 1. The lowest BCUT2D eigenvalue weighted by Gasteiger charge is -2.15. The van der Waals surface area contributed by atoms with Crippen LogP contribution in [0.3, 0.4) is 0 Å². The molecule has 0 saturated heterocycles. The van der Waals surface area contributed by atoms with E-state index in [4.69, 9.17) is 22.1 Å². The maximum atomic E-state index is 6.33. The minimum Gasteiger partial charge on any atom is -0.496 e. The molecule has 0 aliphatic carbocycles. The lowest BCUT2D eigenvalue weighted by Crippen LogP contribution is -2.23. The normalized spacial score (nSPS) is 12.9. The van der Waals surface area contributed by atoms with Crippen LogP contribution in [0.2, 0.25) is 5.02 Å². The Bertz CT molecular complexity index is 566. The second-order valence-electron chi connectivity index (χ2n) is 4.77. The summed E-state index contributed by atoms with van der Waals surface area (Å²) in [7, 11) is 5.69. The molecule has 0 aliphatic rings. The quantitative estimate of drug-likeness (QED) is 0.888. The third-order valence-corrected chi connectivity index (χ3v) is 4.31. The van der Waals surface area contributed by atoms with Crippen molar-refractivity contribution < 1.29 is 4.74 Å². The first-order valence-corrected chi connectivity index (χ1v) is 7.52. The topological polar surface area (TPSA) is 56.3 Å². The van der Waals surface area contributed by atoms with Gasteiger partial charge in [-0.25, -0.2) is 0 Å². The molecule has 2 heterocycles. The molecular formula is C13H19ClN4OS. The van der Waals surface area contributed by atoms with Gasteiger partial charge in [-0.3, -0.25) is 4.68 Å². The van der Waals surface area contributed by atoms with Crippen molar-refractivity contribution in [3.63, 3.8) is 0 Å². The molecule has 0 saturated carbocycles. The van der Waals surface area contributed by atoms with Crippen molar-refractivity contribution in [1.29, 1.82) is 0 Å². The van der Waals surface area contributed by atoms with E-state index in [1.165, 1.54) is 0 Å². The Balaban J connectivity index is 2.24. The number of thiophene rings is 1. The molecule has 20 heavy (non-hydrogen) atoms. The van der Waals surface area contributed by atoms with E-state index in [2.05, 4.69) is 10.00 Å². The van der Waals surface area contributed by atoms with Gasteiger partial charge in [0.25, 0.3) is 0 Å². The lowest BCUT2D eigenvalue weighted by atomic mass is 10.2. The highest BCUT2D eigenvalue weighted by atomic mass is 35.5. The second-order valence-corrected chi connectivity index (χ2v) is 6.12. The third kappa shape index (κ3) is 3.32. The molecule has 2 rings (SSSR count). The van der Waals surface area contributed by atoms with Gasteiger partial charge in [-0.05, 0) is 20.2 Å². The first-order chi connectivity index (χ1) is 9.52. The number of hydrogen-bond acceptors (Lipinski definition) is 5. The Labute approximate surface area is 127 Å². The van der Waals surface area contributed by atoms with Crippen molar-refractivity contribution in [3.8, 4) is 5.75 Å². The van der Waals surface area contributed by atoms with Crippen molar-refractivity contribution in [3.05, 3.63) is 33.2 Å². The number of ether oxygens (including phenoxy) is 1. The zero-order chi connectivity index (χ0) is 14.7.